The highest BCUT2D eigenvalue weighted by molar-refractivity contribution is 6.10. The summed E-state index contributed by atoms with van der Waals surface area (Å²) in [5, 5.41) is 9.27. The first-order valence-corrected chi connectivity index (χ1v) is 3.04. The highest BCUT2D eigenvalue weighted by Crippen LogP contribution is 2.47. The molecular weight excluding hydrogens is 132 g/mol. The Morgan fingerprint density at radius 2 is 1.60 bits per heavy atom. The van der Waals surface area contributed by atoms with E-state index in [9.17, 15) is 5.11 Å². The van der Waals surface area contributed by atoms with E-state index in [1.54, 1.807) is 0 Å². The van der Waals surface area contributed by atoms with Gasteiger partial charge in [0.15, 0.2) is 11.3 Å². The molecule has 2 aromatic heterocycles. The summed E-state index contributed by atoms with van der Waals surface area (Å²) in [6.45, 7) is 1.81. The Labute approximate surface area is 55.5 Å². The lowest BCUT2D eigenvalue weighted by Crippen LogP contribution is -1.65. The Morgan fingerprint density at radius 1 is 1.00 bits per heavy atom. The van der Waals surface area contributed by atoms with Crippen molar-refractivity contribution in [2.75, 3.05) is 0 Å². The molecule has 0 bridgehead atoms. The fourth-order valence-electron chi connectivity index (χ4n) is 1.13. The molecule has 3 aromatic rings. The lowest BCUT2D eigenvalue weighted by Gasteiger charge is -1.84. The third-order valence-corrected chi connectivity index (χ3v) is 1.85. The summed E-state index contributed by atoms with van der Waals surface area (Å²) in [6.07, 6.45) is 0. The Kier molecular flexibility index (Phi) is 0.427. The van der Waals surface area contributed by atoms with Crippen LogP contribution in [0.25, 0.3) is 22.3 Å². The minimum absolute atomic E-state index is 0.228. The van der Waals surface area contributed by atoms with Crippen LogP contribution in [-0.4, -0.2) is 5.11 Å². The van der Waals surface area contributed by atoms with Crippen LogP contribution in [0.3, 0.4) is 0 Å². The molecule has 3 heteroatoms. The van der Waals surface area contributed by atoms with Gasteiger partial charge in [-0.2, -0.15) is 0 Å². The number of rotatable bonds is 0. The SMILES string of the molecule is Cc1c(O)c2oc2c2oc12. The van der Waals surface area contributed by atoms with Crippen molar-refractivity contribution in [1.82, 2.24) is 0 Å². The molecule has 0 atom stereocenters. The fraction of sp³-hybridized carbons (Fsp3) is 0.143. The first-order chi connectivity index (χ1) is 4.79. The third kappa shape index (κ3) is 0.295. The van der Waals surface area contributed by atoms with Gasteiger partial charge < -0.3 is 13.9 Å². The fourth-order valence-corrected chi connectivity index (χ4v) is 1.13. The summed E-state index contributed by atoms with van der Waals surface area (Å²) in [7, 11) is 0. The minimum Gasteiger partial charge on any atom is -0.504 e. The molecule has 3 rings (SSSR count). The lowest BCUT2D eigenvalue weighted by molar-refractivity contribution is 0.473. The average molecular weight is 136 g/mol. The van der Waals surface area contributed by atoms with E-state index < -0.39 is 0 Å². The van der Waals surface area contributed by atoms with Gasteiger partial charge in [0.1, 0.15) is 0 Å². The summed E-state index contributed by atoms with van der Waals surface area (Å²) in [5.74, 6) is 0.228. The average Bonchev–Trinajstić information content (AvgIpc) is 2.71. The van der Waals surface area contributed by atoms with Gasteiger partial charge in [0.05, 0.1) is 0 Å². The number of phenolic OH excluding ortho intramolecular Hbond substituents is 1. The second-order valence-electron chi connectivity index (χ2n) is 2.49. The molecule has 0 spiro atoms. The molecular formula is C7H4O3. The number of hydrogen-bond acceptors (Lipinski definition) is 3. The number of phenols is 1. The van der Waals surface area contributed by atoms with Gasteiger partial charge in [-0.15, -0.1) is 0 Å². The van der Waals surface area contributed by atoms with Gasteiger partial charge in [0.2, 0.25) is 16.7 Å². The van der Waals surface area contributed by atoms with Gasteiger partial charge in [-0.25, -0.2) is 0 Å². The van der Waals surface area contributed by atoms with Crippen LogP contribution in [0.15, 0.2) is 8.83 Å². The maximum atomic E-state index is 9.27. The molecule has 0 saturated heterocycles. The quantitative estimate of drug-likeness (QED) is 0.514. The van der Waals surface area contributed by atoms with E-state index in [4.69, 9.17) is 8.83 Å². The molecule has 2 heterocycles. The maximum Gasteiger partial charge on any atom is 0.220 e. The molecule has 0 aliphatic heterocycles. The van der Waals surface area contributed by atoms with Crippen LogP contribution in [0.2, 0.25) is 0 Å². The molecule has 0 aliphatic rings. The summed E-state index contributed by atoms with van der Waals surface area (Å²) >= 11 is 0. The van der Waals surface area contributed by atoms with Crippen LogP contribution in [0, 0.1) is 6.92 Å². The second kappa shape index (κ2) is 0.963. The van der Waals surface area contributed by atoms with Crippen molar-refractivity contribution in [3.63, 3.8) is 0 Å². The van der Waals surface area contributed by atoms with E-state index in [1.165, 1.54) is 0 Å². The molecule has 50 valence electrons. The Morgan fingerprint density at radius 3 is 2.40 bits per heavy atom. The molecule has 0 radical (unpaired) electrons. The predicted octanol–water partition coefficient (Wildman–Crippen LogP) is 2.07. The summed E-state index contributed by atoms with van der Waals surface area (Å²) in [6, 6.07) is 0. The van der Waals surface area contributed by atoms with E-state index in [1.807, 2.05) is 6.92 Å². The van der Waals surface area contributed by atoms with Crippen molar-refractivity contribution >= 4 is 22.3 Å². The van der Waals surface area contributed by atoms with E-state index in [0.29, 0.717) is 5.58 Å². The summed E-state index contributed by atoms with van der Waals surface area (Å²) < 4.78 is 10.0. The van der Waals surface area contributed by atoms with Crippen LogP contribution in [0.1, 0.15) is 5.56 Å². The zero-order chi connectivity index (χ0) is 6.88. The van der Waals surface area contributed by atoms with Crippen molar-refractivity contribution in [2.24, 2.45) is 0 Å². The standard InChI is InChI=1S/C7H4O3/c1-2-3(8)5-7(10-5)6-4(2)9-6/h8H,1H3. The normalized spacial score (nSPS) is 12.9. The highest BCUT2D eigenvalue weighted by Gasteiger charge is 2.28. The van der Waals surface area contributed by atoms with E-state index in [-0.39, 0.29) is 5.75 Å². The molecule has 10 heavy (non-hydrogen) atoms. The first kappa shape index (κ1) is 4.44. The predicted molar refractivity (Wildman–Crippen MR) is 34.8 cm³/mol. The monoisotopic (exact) mass is 136 g/mol. The molecule has 0 fully saturated rings. The van der Waals surface area contributed by atoms with E-state index in [0.717, 1.165) is 22.3 Å². The van der Waals surface area contributed by atoms with Crippen LogP contribution >= 0.6 is 0 Å². The molecule has 3 nitrogen and oxygen atoms in total. The third-order valence-electron chi connectivity index (χ3n) is 1.85. The van der Waals surface area contributed by atoms with Crippen molar-refractivity contribution < 1.29 is 13.9 Å². The Balaban J connectivity index is 2.66. The number of benzene rings is 1. The van der Waals surface area contributed by atoms with Crippen LogP contribution < -0.4 is 0 Å². The first-order valence-electron chi connectivity index (χ1n) is 3.04. The topological polar surface area (TPSA) is 46.5 Å². The van der Waals surface area contributed by atoms with Crippen molar-refractivity contribution in [3.8, 4) is 5.75 Å². The lowest BCUT2D eigenvalue weighted by atomic mass is 10.2. The zero-order valence-corrected chi connectivity index (χ0v) is 5.26. The minimum atomic E-state index is 0.228. The van der Waals surface area contributed by atoms with Gasteiger partial charge in [0, 0.05) is 5.56 Å². The molecule has 0 unspecified atom stereocenters. The molecule has 1 aromatic carbocycles. The van der Waals surface area contributed by atoms with E-state index >= 15 is 0 Å². The Hall–Kier alpha value is -1.38. The second-order valence-corrected chi connectivity index (χ2v) is 2.49. The van der Waals surface area contributed by atoms with Gasteiger partial charge in [-0.05, 0) is 6.92 Å². The summed E-state index contributed by atoms with van der Waals surface area (Å²) in [5.41, 5.74) is 3.69. The van der Waals surface area contributed by atoms with E-state index in [2.05, 4.69) is 0 Å². The number of hydrogen-bond donors (Lipinski definition) is 1. The maximum absolute atomic E-state index is 9.27. The smallest absolute Gasteiger partial charge is 0.220 e. The molecule has 0 amide bonds. The number of aryl methyl sites for hydroxylation is 1. The van der Waals surface area contributed by atoms with Crippen molar-refractivity contribution in [1.29, 1.82) is 0 Å². The van der Waals surface area contributed by atoms with Gasteiger partial charge in [-0.3, -0.25) is 0 Å². The van der Waals surface area contributed by atoms with Crippen LogP contribution in [0.5, 0.6) is 5.75 Å². The van der Waals surface area contributed by atoms with Crippen molar-refractivity contribution in [2.45, 2.75) is 6.92 Å². The van der Waals surface area contributed by atoms with Gasteiger partial charge in [0.25, 0.3) is 0 Å². The molecule has 0 aliphatic carbocycles. The Bertz CT molecular complexity index is 428. The number of fused-ring (bicyclic) bond motifs is 3. The molecule has 1 N–H and O–H groups in total. The highest BCUT2D eigenvalue weighted by atomic mass is 16.4. The molecule has 0 saturated carbocycles. The number of aromatic hydroxyl groups is 1. The van der Waals surface area contributed by atoms with Crippen LogP contribution in [-0.2, 0) is 0 Å². The summed E-state index contributed by atoms with van der Waals surface area (Å²) in [4.78, 5) is 0. The van der Waals surface area contributed by atoms with Gasteiger partial charge >= 0.3 is 0 Å². The zero-order valence-electron chi connectivity index (χ0n) is 5.26. The largest absolute Gasteiger partial charge is 0.504 e. The van der Waals surface area contributed by atoms with Crippen molar-refractivity contribution in [3.05, 3.63) is 5.56 Å². The van der Waals surface area contributed by atoms with Crippen LogP contribution in [0.4, 0.5) is 0 Å². The van der Waals surface area contributed by atoms with Gasteiger partial charge in [-0.1, -0.05) is 0 Å².